The molecule has 3 aliphatic heterocycles. The summed E-state index contributed by atoms with van der Waals surface area (Å²) in [6.45, 7) is -9.91. The third-order valence-corrected chi connectivity index (χ3v) is 23.0. The molecule has 658 valence electrons. The number of rotatable bonds is 68. The predicted molar refractivity (Wildman–Crippen MR) is 408 cm³/mol. The normalized spacial score (nSPS) is 27.1. The third kappa shape index (κ3) is 44.4. The lowest BCUT2D eigenvalue weighted by Crippen LogP contribution is -2.55. The van der Waals surface area contributed by atoms with Crippen LogP contribution in [-0.2, 0) is 171 Å². The molecule has 39 nitrogen and oxygen atoms in total. The highest BCUT2D eigenvalue weighted by Crippen LogP contribution is 2.46. The Morgan fingerprint density at radius 3 is 0.920 bits per heavy atom. The van der Waals surface area contributed by atoms with E-state index in [4.69, 9.17) is 164 Å². The number of hydrogen-bond donors (Lipinski definition) is 13. The molecule has 3 saturated heterocycles. The summed E-state index contributed by atoms with van der Waals surface area (Å²) >= 11 is 20.7. The van der Waals surface area contributed by atoms with Gasteiger partial charge in [0.1, 0.15) is 43.2 Å². The van der Waals surface area contributed by atoms with Crippen LogP contribution in [0.1, 0.15) is 58.4 Å². The second-order valence-electron chi connectivity index (χ2n) is 25.8. The Morgan fingerprint density at radius 1 is 0.357 bits per heavy atom. The highest BCUT2D eigenvalue weighted by molar-refractivity contribution is 8.08. The van der Waals surface area contributed by atoms with Gasteiger partial charge in [0.2, 0.25) is 0 Å². The standard InChI is InChI=1S/C65H120O39P4S4/c1-48-55(69)58(72)52(40-66)101-61(48)90-35-30-81-25-24-80-14-7-19-94-105(76,109)95-20-8-15-86-44-65(47-89-18-11-23-98-108(79,112)104-64(75)93-43-51-12-5-4-6-13-51,45-87-16-9-21-96-106(77,110)99-38-33-84-28-26-82-31-36-91-62-49(2)56(70)59(73)53(41-67)102-62)46-88-17-10-22-97-107(78,111)100-39-34-85-29-27-83-32-37-92-63-50(3)57(71)60(74)54(42-68)103-63/h4-6,12-13,48-50,52-63,66-74H,7-11,14-47H2,1-3H3,(H,76,109)(H,77,110)(H,78,111)(H,79,112)/t48?,49?,50?,52?,53?,54?,55-,56-,57-,58+,59-,60-,61-,62-,63-,65?,105?,106?,107?,108?/m1/s1. The van der Waals surface area contributed by atoms with Crippen LogP contribution >= 0.6 is 26.9 Å². The van der Waals surface area contributed by atoms with Gasteiger partial charge in [0, 0.05) is 62.6 Å². The van der Waals surface area contributed by atoms with Gasteiger partial charge >= 0.3 is 33.0 Å². The molecule has 3 heterocycles. The molecule has 10 unspecified atom stereocenters. The fraction of sp³-hybridized carbons (Fsp3) is 0.892. The number of benzene rings is 1. The van der Waals surface area contributed by atoms with Gasteiger partial charge < -0.3 is 178 Å². The molecule has 0 radical (unpaired) electrons. The zero-order chi connectivity index (χ0) is 82.1. The Bertz CT molecular complexity index is 2690. The van der Waals surface area contributed by atoms with Crippen LogP contribution < -0.4 is 0 Å². The van der Waals surface area contributed by atoms with E-state index in [1.54, 1.807) is 51.1 Å². The summed E-state index contributed by atoms with van der Waals surface area (Å²) in [7, 11) is 0. The lowest BCUT2D eigenvalue weighted by Gasteiger charge is -2.40. The quantitative estimate of drug-likeness (QED) is 0.0242. The van der Waals surface area contributed by atoms with Crippen molar-refractivity contribution in [1.29, 1.82) is 0 Å². The molecule has 0 aliphatic carbocycles. The first kappa shape index (κ1) is 104. The highest BCUT2D eigenvalue weighted by atomic mass is 32.5. The number of aliphatic hydroxyl groups is 9. The van der Waals surface area contributed by atoms with Gasteiger partial charge in [-0.2, -0.15) is 0 Å². The first-order valence-corrected chi connectivity index (χ1v) is 47.2. The minimum absolute atomic E-state index is 0.0214. The Balaban J connectivity index is 1.25. The number of hydrogen-bond acceptors (Lipinski definition) is 39. The van der Waals surface area contributed by atoms with E-state index in [0.717, 1.165) is 0 Å². The zero-order valence-corrected chi connectivity index (χ0v) is 70.3. The van der Waals surface area contributed by atoms with Crippen LogP contribution in [0.25, 0.3) is 0 Å². The maximum atomic E-state index is 12.4. The fourth-order valence-corrected chi connectivity index (χ4v) is 15.1. The molecule has 0 bridgehead atoms. The van der Waals surface area contributed by atoms with Crippen molar-refractivity contribution in [2.45, 2.75) is 133 Å². The van der Waals surface area contributed by atoms with Crippen molar-refractivity contribution in [2.75, 3.05) is 218 Å². The summed E-state index contributed by atoms with van der Waals surface area (Å²) in [6.07, 6.45) is -12.6. The molecule has 112 heavy (non-hydrogen) atoms. The summed E-state index contributed by atoms with van der Waals surface area (Å²) in [6, 6.07) is 8.78. The van der Waals surface area contributed by atoms with E-state index in [9.17, 15) is 70.3 Å². The molecule has 0 aromatic heterocycles. The Kier molecular flexibility index (Phi) is 55.2. The van der Waals surface area contributed by atoms with Gasteiger partial charge in [-0.25, -0.2) is 4.79 Å². The van der Waals surface area contributed by atoms with Gasteiger partial charge in [-0.05, 0) is 73.1 Å². The van der Waals surface area contributed by atoms with Crippen molar-refractivity contribution >= 4 is 80.3 Å². The number of carbonyl (C=O) groups excluding carboxylic acids is 1. The molecule has 0 amide bonds. The highest BCUT2D eigenvalue weighted by Gasteiger charge is 2.45. The van der Waals surface area contributed by atoms with Gasteiger partial charge in [0.15, 0.2) is 18.9 Å². The summed E-state index contributed by atoms with van der Waals surface area (Å²) in [5.74, 6) is -1.63. The van der Waals surface area contributed by atoms with Crippen molar-refractivity contribution in [3.8, 4) is 0 Å². The lowest BCUT2D eigenvalue weighted by molar-refractivity contribution is -0.284. The topological polar surface area (TPSA) is 511 Å². The molecular weight excluding hydrogens is 1660 g/mol. The molecule has 47 heteroatoms. The molecule has 4 rings (SSSR count). The number of ether oxygens (including phenoxy) is 17. The average Bonchev–Trinajstić information content (AvgIpc) is 0.834. The van der Waals surface area contributed by atoms with Crippen LogP contribution in [0.3, 0.4) is 0 Å². The van der Waals surface area contributed by atoms with Crippen molar-refractivity contribution in [3.05, 3.63) is 35.9 Å². The Labute approximate surface area is 674 Å². The van der Waals surface area contributed by atoms with Crippen LogP contribution in [-0.4, -0.2) is 364 Å². The minimum atomic E-state index is -4.08. The van der Waals surface area contributed by atoms with Crippen LogP contribution in [0, 0.1) is 23.2 Å². The van der Waals surface area contributed by atoms with E-state index < -0.39 is 150 Å². The van der Waals surface area contributed by atoms with E-state index in [2.05, 4.69) is 0 Å². The van der Waals surface area contributed by atoms with Gasteiger partial charge in [0.05, 0.1) is 209 Å². The smallest absolute Gasteiger partial charge is 0.429 e. The van der Waals surface area contributed by atoms with E-state index >= 15 is 0 Å². The minimum Gasteiger partial charge on any atom is -0.429 e. The van der Waals surface area contributed by atoms with Crippen molar-refractivity contribution in [2.24, 2.45) is 23.2 Å². The van der Waals surface area contributed by atoms with E-state index in [1.165, 1.54) is 0 Å². The Hall–Kier alpha value is -0.350. The van der Waals surface area contributed by atoms with Gasteiger partial charge in [-0.3, -0.25) is 4.52 Å². The van der Waals surface area contributed by atoms with E-state index in [1.807, 2.05) is 0 Å². The molecule has 3 fully saturated rings. The van der Waals surface area contributed by atoms with Crippen LogP contribution in [0.5, 0.6) is 0 Å². The van der Waals surface area contributed by atoms with Crippen LogP contribution in [0.2, 0.25) is 0 Å². The zero-order valence-electron chi connectivity index (χ0n) is 63.5. The first-order chi connectivity index (χ1) is 53.6. The van der Waals surface area contributed by atoms with Crippen LogP contribution in [0.15, 0.2) is 30.3 Å². The molecular formula is C65H120O39P4S4. The van der Waals surface area contributed by atoms with Gasteiger partial charge in [0.25, 0.3) is 0 Å². The Morgan fingerprint density at radius 2 is 0.616 bits per heavy atom. The molecule has 19 atom stereocenters. The summed E-state index contributed by atoms with van der Waals surface area (Å²) < 4.78 is 140. The average molecular weight is 1780 g/mol. The van der Waals surface area contributed by atoms with E-state index in [-0.39, 0.29) is 230 Å². The number of carbonyl (C=O) groups is 1. The predicted octanol–water partition coefficient (Wildman–Crippen LogP) is 0.701. The maximum absolute atomic E-state index is 12.4. The van der Waals surface area contributed by atoms with E-state index in [0.29, 0.717) is 12.0 Å². The van der Waals surface area contributed by atoms with Gasteiger partial charge in [-0.15, -0.1) is 0 Å². The monoisotopic (exact) mass is 1780 g/mol. The fourth-order valence-electron chi connectivity index (χ4n) is 10.4. The second-order valence-corrected chi connectivity index (χ2v) is 37.1. The summed E-state index contributed by atoms with van der Waals surface area (Å²) in [5, 5.41) is 89.2. The van der Waals surface area contributed by atoms with Crippen molar-refractivity contribution in [3.63, 3.8) is 0 Å². The first-order valence-electron chi connectivity index (χ1n) is 36.8. The second kappa shape index (κ2) is 59.4. The summed E-state index contributed by atoms with van der Waals surface area (Å²) in [4.78, 5) is 55.3. The molecule has 3 aliphatic rings. The molecule has 13 N–H and O–H groups in total. The SMILES string of the molecule is CC1[C@H](OCCOCCOCCOP(O)(=S)OCCCOCC(COCCCOP(O)(=S)OCCCOCCOCCO[C@@H]2OC(CO)[C@H](O)[C@H](O)C2C)(COCCCOP(O)(=S)OCCOCCOCCO[C@@H]2OC(CO)[C@@H](O)[C@H](O)C2C)COCCCOP(O)(=S)OC(=O)OCc2ccccc2)OC(CO)[C@@H](O)[C@@H]1O. The number of aliphatic hydroxyl groups excluding tert-OH is 9. The summed E-state index contributed by atoms with van der Waals surface area (Å²) in [5.41, 5.74) is -0.395. The molecule has 1 aromatic rings. The largest absolute Gasteiger partial charge is 0.515 e. The van der Waals surface area contributed by atoms with Crippen molar-refractivity contribution in [1.82, 2.24) is 0 Å². The lowest BCUT2D eigenvalue weighted by atomic mass is 9.92. The molecule has 0 spiro atoms. The molecule has 0 saturated carbocycles. The van der Waals surface area contributed by atoms with Crippen LogP contribution in [0.4, 0.5) is 4.79 Å². The maximum Gasteiger partial charge on any atom is 0.515 e. The van der Waals surface area contributed by atoms with Crippen molar-refractivity contribution < 1.29 is 187 Å². The van der Waals surface area contributed by atoms with Gasteiger partial charge in [-0.1, -0.05) is 51.1 Å². The molecule has 1 aromatic carbocycles. The third-order valence-electron chi connectivity index (χ3n) is 16.6.